The fourth-order valence-corrected chi connectivity index (χ4v) is 3.29. The highest BCUT2D eigenvalue weighted by atomic mass is 79.9. The van der Waals surface area contributed by atoms with Crippen LogP contribution in [-0.4, -0.2) is 0 Å². The van der Waals surface area contributed by atoms with Crippen molar-refractivity contribution >= 4 is 48.2 Å². The summed E-state index contributed by atoms with van der Waals surface area (Å²) in [6.07, 6.45) is 0. The van der Waals surface area contributed by atoms with Crippen LogP contribution in [0.4, 0.5) is 0 Å². The number of hydrogen-bond acceptors (Lipinski definition) is 0. The van der Waals surface area contributed by atoms with E-state index >= 15 is 0 Å². The molecule has 0 spiro atoms. The van der Waals surface area contributed by atoms with E-state index in [4.69, 9.17) is 2.97 Å². The van der Waals surface area contributed by atoms with Crippen LogP contribution in [0, 0.1) is 0 Å². The lowest BCUT2D eigenvalue weighted by Crippen LogP contribution is -1.84. The topological polar surface area (TPSA) is 0 Å². The molecule has 0 bridgehead atoms. The summed E-state index contributed by atoms with van der Waals surface area (Å²) in [4.78, 5) is 0. The van der Waals surface area contributed by atoms with E-state index in [9.17, 15) is 0 Å². The zero-order valence-electron chi connectivity index (χ0n) is 11.1. The molecule has 0 unspecified atom stereocenters. The summed E-state index contributed by atoms with van der Waals surface area (Å²) in [6, 6.07) is 19.6. The van der Waals surface area contributed by atoms with Gasteiger partial charge in [-0.2, -0.15) is 0 Å². The lowest BCUT2D eigenvalue weighted by Gasteiger charge is -2.11. The van der Waals surface area contributed by atoms with E-state index in [2.05, 4.69) is 70.5 Å². The van der Waals surface area contributed by atoms with Crippen LogP contribution in [0.25, 0.3) is 32.3 Å². The highest BCUT2D eigenvalue weighted by Gasteiger charge is 2.09. The van der Waals surface area contributed by atoms with Crippen LogP contribution < -0.4 is 0 Å². The van der Waals surface area contributed by atoms with Gasteiger partial charge in [-0.15, -0.1) is 0 Å². The number of rotatable bonds is 0. The summed E-state index contributed by atoms with van der Waals surface area (Å²) in [6.45, 7) is 0. The van der Waals surface area contributed by atoms with Crippen LogP contribution >= 0.6 is 15.9 Å². The van der Waals surface area contributed by atoms with Crippen molar-refractivity contribution in [1.29, 1.82) is 0 Å². The van der Waals surface area contributed by atoms with Gasteiger partial charge in [-0.25, -0.2) is 0 Å². The summed E-state index contributed by atoms with van der Waals surface area (Å²) in [5.74, 6) is 0. The fraction of sp³-hybridized carbons (Fsp3) is 0.0588. The maximum Gasteiger partial charge on any atom is 0.0260 e. The molecule has 18 heavy (non-hydrogen) atoms. The minimum atomic E-state index is 0. The van der Waals surface area contributed by atoms with Crippen LogP contribution in [0.15, 0.2) is 59.1 Å². The van der Waals surface area contributed by atoms with E-state index in [1.807, 2.05) is 0 Å². The number of halogens is 1. The van der Waals surface area contributed by atoms with Gasteiger partial charge in [-0.3, -0.25) is 0 Å². The molecule has 0 aliphatic carbocycles. The van der Waals surface area contributed by atoms with Gasteiger partial charge in [-0.05, 0) is 38.4 Å². The van der Waals surface area contributed by atoms with E-state index in [1.54, 1.807) is 0 Å². The Balaban J connectivity index is 0.000000471. The second kappa shape index (κ2) is 3.96. The van der Waals surface area contributed by atoms with Gasteiger partial charge in [0.2, 0.25) is 0 Å². The zero-order chi connectivity index (χ0) is 13.4. The van der Waals surface area contributed by atoms with Crippen LogP contribution in [0.2, 0.25) is 0 Å². The normalized spacial score (nSPS) is 11.6. The van der Waals surface area contributed by atoms with E-state index in [0.29, 0.717) is 0 Å². The second-order valence-corrected chi connectivity index (χ2v) is 5.26. The van der Waals surface area contributed by atoms with Crippen LogP contribution in [0.1, 0.15) is 10.4 Å². The van der Waals surface area contributed by atoms with Gasteiger partial charge in [0.1, 0.15) is 0 Å². The maximum atomic E-state index is 5.00. The molecular weight excluding hydrogens is 284 g/mol. The SMILES string of the molecule is Brc1cc2cccc3ccc4cccc1c4c32.C.[2H][2H]. The first kappa shape index (κ1) is 10.3. The summed E-state index contributed by atoms with van der Waals surface area (Å²) < 4.78 is 11.2. The van der Waals surface area contributed by atoms with Crippen molar-refractivity contribution in [1.82, 2.24) is 0 Å². The van der Waals surface area contributed by atoms with Crippen molar-refractivity contribution in [2.75, 3.05) is 0 Å². The van der Waals surface area contributed by atoms with E-state index in [1.165, 1.54) is 36.8 Å². The van der Waals surface area contributed by atoms with Crippen molar-refractivity contribution in [3.63, 3.8) is 0 Å². The summed E-state index contributed by atoms with van der Waals surface area (Å²) in [7, 11) is 0. The average Bonchev–Trinajstić information content (AvgIpc) is 2.48. The third kappa shape index (κ3) is 1.37. The number of benzene rings is 4. The number of hydrogen-bond donors (Lipinski definition) is 0. The molecule has 0 aliphatic heterocycles. The maximum absolute atomic E-state index is 5.00. The molecular formula is C17H15Br. The molecule has 0 saturated heterocycles. The Morgan fingerprint density at radius 1 is 0.778 bits per heavy atom. The van der Waals surface area contributed by atoms with E-state index in [-0.39, 0.29) is 7.43 Å². The van der Waals surface area contributed by atoms with Crippen LogP contribution in [-0.2, 0) is 0 Å². The van der Waals surface area contributed by atoms with E-state index in [0.717, 1.165) is 0 Å². The molecule has 0 saturated carbocycles. The molecule has 0 aliphatic rings. The average molecular weight is 301 g/mol. The third-order valence-electron chi connectivity index (χ3n) is 3.46. The lowest BCUT2D eigenvalue weighted by molar-refractivity contribution is 1.75. The minimum Gasteiger partial charge on any atom is -0.0776 e. The van der Waals surface area contributed by atoms with Gasteiger partial charge in [0.25, 0.3) is 0 Å². The zero-order valence-corrected chi connectivity index (χ0v) is 10.7. The summed E-state index contributed by atoms with van der Waals surface area (Å²) in [5.41, 5.74) is 0. The predicted molar refractivity (Wildman–Crippen MR) is 86.7 cm³/mol. The van der Waals surface area contributed by atoms with Gasteiger partial charge in [0.15, 0.2) is 0 Å². The first-order valence-electron chi connectivity index (χ1n) is 6.67. The molecule has 0 fully saturated rings. The third-order valence-corrected chi connectivity index (χ3v) is 4.11. The lowest BCUT2D eigenvalue weighted by atomic mass is 9.94. The summed E-state index contributed by atoms with van der Waals surface area (Å²) >= 11 is 3.68. The fourth-order valence-electron chi connectivity index (χ4n) is 2.72. The molecule has 4 rings (SSSR count). The van der Waals surface area contributed by atoms with E-state index < -0.39 is 0 Å². The second-order valence-electron chi connectivity index (χ2n) is 4.41. The Kier molecular flexibility index (Phi) is 2.27. The molecule has 0 atom stereocenters. The molecule has 0 N–H and O–H groups in total. The molecule has 0 radical (unpaired) electrons. The highest BCUT2D eigenvalue weighted by molar-refractivity contribution is 9.10. The molecule has 0 heterocycles. The first-order valence-corrected chi connectivity index (χ1v) is 6.46. The Bertz CT molecular complexity index is 855. The molecule has 4 aromatic rings. The predicted octanol–water partition coefficient (Wildman–Crippen LogP) is 6.23. The van der Waals surface area contributed by atoms with Crippen molar-refractivity contribution in [2.45, 2.75) is 7.43 Å². The van der Waals surface area contributed by atoms with Crippen molar-refractivity contribution in [3.8, 4) is 0 Å². The summed E-state index contributed by atoms with van der Waals surface area (Å²) in [5, 5.41) is 7.98. The Morgan fingerprint density at radius 3 is 2.17 bits per heavy atom. The Hall–Kier alpha value is -1.60. The van der Waals surface area contributed by atoms with Gasteiger partial charge in [0.05, 0.1) is 0 Å². The Morgan fingerprint density at radius 2 is 1.39 bits per heavy atom. The molecule has 0 aromatic heterocycles. The van der Waals surface area contributed by atoms with Gasteiger partial charge >= 0.3 is 0 Å². The molecule has 90 valence electrons. The molecule has 0 nitrogen and oxygen atoms in total. The first-order chi connectivity index (χ1) is 9.34. The molecule has 4 aromatic carbocycles. The van der Waals surface area contributed by atoms with Gasteiger partial charge in [-0.1, -0.05) is 71.9 Å². The molecule has 0 amide bonds. The minimum absolute atomic E-state index is 0. The Labute approximate surface area is 118 Å². The van der Waals surface area contributed by atoms with Crippen molar-refractivity contribution < 1.29 is 2.97 Å². The monoisotopic (exact) mass is 300 g/mol. The van der Waals surface area contributed by atoms with Crippen molar-refractivity contribution in [2.24, 2.45) is 0 Å². The van der Waals surface area contributed by atoms with Crippen LogP contribution in [0.3, 0.4) is 0 Å². The van der Waals surface area contributed by atoms with Gasteiger partial charge < -0.3 is 0 Å². The quantitative estimate of drug-likeness (QED) is 0.338. The van der Waals surface area contributed by atoms with Crippen molar-refractivity contribution in [3.05, 3.63) is 59.1 Å². The highest BCUT2D eigenvalue weighted by Crippen LogP contribution is 2.37. The smallest absolute Gasteiger partial charge is 0.0260 e. The molecule has 1 heteroatoms. The standard InChI is InChI=1S/C16H9Br.CH4.H2/c17-14-9-12-5-1-3-10-7-8-11-4-2-6-13(14)16(11)15(10)12;;/h1-9H;1H4;1H/i;;1+1D. The largest absolute Gasteiger partial charge is 0.0776 e. The van der Waals surface area contributed by atoms with Crippen LogP contribution in [0.5, 0.6) is 0 Å². The van der Waals surface area contributed by atoms with Gasteiger partial charge in [0, 0.05) is 7.44 Å².